The fraction of sp³-hybridized carbons (Fsp3) is 0.406. The Kier molecular flexibility index (Phi) is 12.6. The molecule has 0 saturated carbocycles. The minimum atomic E-state index is -0.0957. The summed E-state index contributed by atoms with van der Waals surface area (Å²) >= 11 is 10.2. The number of anilines is 6. The van der Waals surface area contributed by atoms with E-state index >= 15 is 0 Å². The average Bonchev–Trinajstić information content (AvgIpc) is 3.66. The van der Waals surface area contributed by atoms with Crippen molar-refractivity contribution in [2.24, 2.45) is 0 Å². The lowest BCUT2D eigenvalue weighted by molar-refractivity contribution is 0.332. The standard InChI is InChI=1S/C64H77ClN2S/c1-40-21-19-22-41(2)57(40)42-31-53(66(47-24-20-23-43(34-47)59(3,4)5)49-35-45(61(9,10)11)33-46(36-49)62(12,13)14)58(65)54(32-42)67(55-39-68-56-28-25-44(37-50(55)56)60(6,7)8)48-26-27-51-52(38-48)64(17,18)30-29-63(51,15)16/h19-28,31-39H,29-30H2,1-18H3. The van der Waals surface area contributed by atoms with Crippen molar-refractivity contribution in [3.05, 3.63) is 164 Å². The molecule has 0 bridgehead atoms. The highest BCUT2D eigenvalue weighted by atomic mass is 35.5. The van der Waals surface area contributed by atoms with E-state index in [1.807, 2.05) is 11.3 Å². The zero-order valence-corrected chi connectivity index (χ0v) is 46.1. The first-order chi connectivity index (χ1) is 31.5. The summed E-state index contributed by atoms with van der Waals surface area (Å²) in [6, 6.07) is 42.1. The number of halogens is 1. The molecule has 1 aliphatic rings. The molecule has 1 aromatic heterocycles. The number of benzene rings is 6. The van der Waals surface area contributed by atoms with Crippen LogP contribution in [0.15, 0.2) is 115 Å². The molecule has 68 heavy (non-hydrogen) atoms. The first kappa shape index (κ1) is 49.6. The first-order valence-electron chi connectivity index (χ1n) is 24.9. The molecule has 4 heteroatoms. The van der Waals surface area contributed by atoms with Gasteiger partial charge in [-0.3, -0.25) is 0 Å². The summed E-state index contributed by atoms with van der Waals surface area (Å²) in [7, 11) is 0. The first-order valence-corrected chi connectivity index (χ1v) is 26.2. The van der Waals surface area contributed by atoms with Crippen molar-refractivity contribution in [3.63, 3.8) is 0 Å². The third-order valence-electron chi connectivity index (χ3n) is 14.9. The van der Waals surface area contributed by atoms with Crippen LogP contribution in [-0.4, -0.2) is 0 Å². The van der Waals surface area contributed by atoms with Gasteiger partial charge in [-0.1, -0.05) is 171 Å². The highest BCUT2D eigenvalue weighted by Gasteiger charge is 2.38. The largest absolute Gasteiger partial charge is 0.309 e. The van der Waals surface area contributed by atoms with E-state index < -0.39 is 0 Å². The van der Waals surface area contributed by atoms with Crippen LogP contribution in [0.4, 0.5) is 34.1 Å². The molecule has 8 rings (SSSR count). The number of hydrogen-bond acceptors (Lipinski definition) is 3. The second kappa shape index (κ2) is 17.2. The monoisotopic (exact) mass is 941 g/mol. The van der Waals surface area contributed by atoms with E-state index in [0.29, 0.717) is 5.02 Å². The summed E-state index contributed by atoms with van der Waals surface area (Å²) in [6.45, 7) is 42.0. The van der Waals surface area contributed by atoms with Crippen LogP contribution >= 0.6 is 22.9 Å². The van der Waals surface area contributed by atoms with E-state index in [1.165, 1.54) is 60.2 Å². The lowest BCUT2D eigenvalue weighted by Gasteiger charge is -2.42. The van der Waals surface area contributed by atoms with Crippen LogP contribution < -0.4 is 9.80 Å². The summed E-state index contributed by atoms with van der Waals surface area (Å²) in [4.78, 5) is 4.96. The van der Waals surface area contributed by atoms with Crippen LogP contribution in [0.3, 0.4) is 0 Å². The fourth-order valence-electron chi connectivity index (χ4n) is 10.3. The van der Waals surface area contributed by atoms with Crippen molar-refractivity contribution in [1.82, 2.24) is 0 Å². The third-order valence-corrected chi connectivity index (χ3v) is 16.3. The molecule has 0 radical (unpaired) electrons. The van der Waals surface area contributed by atoms with E-state index in [0.717, 1.165) is 52.5 Å². The van der Waals surface area contributed by atoms with Crippen LogP contribution in [0.1, 0.15) is 168 Å². The van der Waals surface area contributed by atoms with Gasteiger partial charge in [0.1, 0.15) is 0 Å². The maximum atomic E-state index is 8.41. The lowest BCUT2D eigenvalue weighted by Crippen LogP contribution is -2.34. The molecule has 0 aliphatic heterocycles. The minimum absolute atomic E-state index is 0.00935. The van der Waals surface area contributed by atoms with E-state index in [2.05, 4.69) is 249 Å². The van der Waals surface area contributed by atoms with Gasteiger partial charge in [0.2, 0.25) is 0 Å². The molecule has 1 aliphatic carbocycles. The lowest BCUT2D eigenvalue weighted by atomic mass is 9.63. The second-order valence-corrected chi connectivity index (χ2v) is 26.7. The molecule has 0 N–H and O–H groups in total. The topological polar surface area (TPSA) is 6.48 Å². The zero-order valence-electron chi connectivity index (χ0n) is 44.6. The molecule has 0 unspecified atom stereocenters. The van der Waals surface area contributed by atoms with Crippen LogP contribution in [0.25, 0.3) is 21.2 Å². The predicted molar refractivity (Wildman–Crippen MR) is 301 cm³/mol. The number of hydrogen-bond donors (Lipinski definition) is 0. The van der Waals surface area contributed by atoms with Gasteiger partial charge in [0, 0.05) is 32.5 Å². The SMILES string of the molecule is Cc1cccc(C)c1-c1cc(N(c2cccc(C(C)(C)C)c2)c2cc(C(C)(C)C)cc(C(C)(C)C)c2)c(Cl)c(N(c2ccc3c(c2)C(C)(C)CCC3(C)C)c2csc3ccc(C(C)(C)C)cc23)c1. The van der Waals surface area contributed by atoms with Gasteiger partial charge in [-0.2, -0.15) is 0 Å². The van der Waals surface area contributed by atoms with E-state index in [9.17, 15) is 0 Å². The maximum Gasteiger partial charge on any atom is 0.0887 e. The molecule has 356 valence electrons. The molecule has 0 saturated heterocycles. The van der Waals surface area contributed by atoms with Crippen molar-refractivity contribution in [1.29, 1.82) is 0 Å². The number of rotatable bonds is 7. The normalized spacial score (nSPS) is 15.1. The molecular weight excluding hydrogens is 864 g/mol. The van der Waals surface area contributed by atoms with Crippen LogP contribution in [-0.2, 0) is 32.5 Å². The predicted octanol–water partition coefficient (Wildman–Crippen LogP) is 20.3. The summed E-state index contributed by atoms with van der Waals surface area (Å²) in [6.07, 6.45) is 2.29. The Morgan fingerprint density at radius 3 is 1.54 bits per heavy atom. The molecule has 2 nitrogen and oxygen atoms in total. The number of nitrogens with zero attached hydrogens (tertiary/aromatic N) is 2. The summed E-state index contributed by atoms with van der Waals surface area (Å²) < 4.78 is 1.26. The van der Waals surface area contributed by atoms with Gasteiger partial charge in [0.15, 0.2) is 0 Å². The molecule has 7 aromatic rings. The van der Waals surface area contributed by atoms with Crippen LogP contribution in [0.5, 0.6) is 0 Å². The van der Waals surface area contributed by atoms with Gasteiger partial charge in [-0.05, 0) is 175 Å². The van der Waals surface area contributed by atoms with E-state index in [1.54, 1.807) is 0 Å². The number of aryl methyl sites for hydroxylation is 2. The molecule has 0 atom stereocenters. The maximum absolute atomic E-state index is 8.41. The van der Waals surface area contributed by atoms with Crippen molar-refractivity contribution in [2.75, 3.05) is 9.80 Å². The highest BCUT2D eigenvalue weighted by Crippen LogP contribution is 2.54. The van der Waals surface area contributed by atoms with Crippen molar-refractivity contribution in [3.8, 4) is 11.1 Å². The Morgan fingerprint density at radius 2 is 0.971 bits per heavy atom. The van der Waals surface area contributed by atoms with E-state index in [4.69, 9.17) is 11.6 Å². The summed E-state index contributed by atoms with van der Waals surface area (Å²) in [5.74, 6) is 0. The zero-order chi connectivity index (χ0) is 49.7. The van der Waals surface area contributed by atoms with Gasteiger partial charge >= 0.3 is 0 Å². The smallest absolute Gasteiger partial charge is 0.0887 e. The van der Waals surface area contributed by atoms with Crippen LogP contribution in [0, 0.1) is 13.8 Å². The van der Waals surface area contributed by atoms with E-state index in [-0.39, 0.29) is 32.5 Å². The van der Waals surface area contributed by atoms with Crippen molar-refractivity contribution in [2.45, 2.75) is 170 Å². The Labute approximate surface area is 419 Å². The summed E-state index contributed by atoms with van der Waals surface area (Å²) in [5, 5.41) is 4.29. The number of fused-ring (bicyclic) bond motifs is 2. The minimum Gasteiger partial charge on any atom is -0.309 e. The summed E-state index contributed by atoms with van der Waals surface area (Å²) in [5.41, 5.74) is 19.0. The van der Waals surface area contributed by atoms with Gasteiger partial charge in [-0.15, -0.1) is 11.3 Å². The number of thiophene rings is 1. The second-order valence-electron chi connectivity index (χ2n) is 25.4. The average molecular weight is 942 g/mol. The Bertz CT molecular complexity index is 2990. The molecular formula is C64H77ClN2S. The van der Waals surface area contributed by atoms with Crippen molar-refractivity contribution >= 4 is 67.1 Å². The third kappa shape index (κ3) is 9.44. The van der Waals surface area contributed by atoms with Gasteiger partial charge in [0.25, 0.3) is 0 Å². The Balaban J connectivity index is 1.55. The molecule has 0 amide bonds. The van der Waals surface area contributed by atoms with Gasteiger partial charge < -0.3 is 9.80 Å². The fourth-order valence-corrected chi connectivity index (χ4v) is 11.4. The van der Waals surface area contributed by atoms with Gasteiger partial charge in [-0.25, -0.2) is 0 Å². The molecule has 6 aromatic carbocycles. The Hall–Kier alpha value is -4.83. The highest BCUT2D eigenvalue weighted by molar-refractivity contribution is 7.17. The molecule has 0 fully saturated rings. The molecule has 1 heterocycles. The quantitative estimate of drug-likeness (QED) is 0.157. The van der Waals surface area contributed by atoms with Crippen molar-refractivity contribution < 1.29 is 0 Å². The molecule has 0 spiro atoms. The van der Waals surface area contributed by atoms with Crippen LogP contribution in [0.2, 0.25) is 5.02 Å². The Morgan fingerprint density at radius 1 is 0.471 bits per heavy atom. The van der Waals surface area contributed by atoms with Gasteiger partial charge in [0.05, 0.1) is 22.1 Å².